The van der Waals surface area contributed by atoms with Crippen LogP contribution in [0, 0.1) is 0 Å². The molecule has 0 spiro atoms. The van der Waals surface area contributed by atoms with E-state index >= 15 is 0 Å². The Morgan fingerprint density at radius 2 is 1.00 bits per heavy atom. The SMILES string of the molecule is CCCCCCCC/C=C\CCCCCCCCC(F)(F)F. The van der Waals surface area contributed by atoms with Gasteiger partial charge < -0.3 is 0 Å². The van der Waals surface area contributed by atoms with Crippen LogP contribution in [0.2, 0.25) is 0 Å². The molecule has 3 heteroatoms. The van der Waals surface area contributed by atoms with Crippen molar-refractivity contribution < 1.29 is 13.2 Å². The summed E-state index contributed by atoms with van der Waals surface area (Å²) >= 11 is 0. The molecule has 0 heterocycles. The van der Waals surface area contributed by atoms with Crippen LogP contribution in [-0.4, -0.2) is 6.18 Å². The Hall–Kier alpha value is -0.470. The monoisotopic (exact) mass is 320 g/mol. The van der Waals surface area contributed by atoms with E-state index < -0.39 is 12.6 Å². The molecule has 0 fully saturated rings. The van der Waals surface area contributed by atoms with Gasteiger partial charge in [0.25, 0.3) is 0 Å². The van der Waals surface area contributed by atoms with Crippen molar-refractivity contribution in [3.63, 3.8) is 0 Å². The smallest absolute Gasteiger partial charge is 0.171 e. The Balaban J connectivity index is 3.11. The Labute approximate surface area is 135 Å². The third kappa shape index (κ3) is 19.5. The van der Waals surface area contributed by atoms with Gasteiger partial charge in [-0.25, -0.2) is 0 Å². The summed E-state index contributed by atoms with van der Waals surface area (Å²) in [6.45, 7) is 2.24. The molecule has 0 saturated heterocycles. The van der Waals surface area contributed by atoms with Gasteiger partial charge in [-0.05, 0) is 32.1 Å². The molecule has 0 rings (SSSR count). The van der Waals surface area contributed by atoms with E-state index in [2.05, 4.69) is 19.1 Å². The lowest BCUT2D eigenvalue weighted by Gasteiger charge is -2.05. The molecule has 132 valence electrons. The standard InChI is InChI=1S/C19H35F3/c1-2-3-4-5-6-7-8-9-10-11-12-13-14-15-16-17-18-19(20,21)22/h9-10H,2-8,11-18H2,1H3/b10-9-. The van der Waals surface area contributed by atoms with Crippen LogP contribution in [0.15, 0.2) is 12.2 Å². The van der Waals surface area contributed by atoms with E-state index in [1.165, 1.54) is 51.4 Å². The molecule has 22 heavy (non-hydrogen) atoms. The second-order valence-corrected chi connectivity index (χ2v) is 6.30. The first-order valence-electron chi connectivity index (χ1n) is 9.28. The van der Waals surface area contributed by atoms with E-state index in [0.29, 0.717) is 12.8 Å². The van der Waals surface area contributed by atoms with E-state index in [0.717, 1.165) is 25.7 Å². The number of halogens is 3. The molecule has 0 aromatic heterocycles. The second kappa shape index (κ2) is 15.4. The quantitative estimate of drug-likeness (QED) is 0.212. The van der Waals surface area contributed by atoms with Crippen LogP contribution >= 0.6 is 0 Å². The first-order chi connectivity index (χ1) is 10.6. The minimum atomic E-state index is -3.97. The molecule has 0 aliphatic rings. The highest BCUT2D eigenvalue weighted by Gasteiger charge is 2.25. The van der Waals surface area contributed by atoms with Crippen LogP contribution < -0.4 is 0 Å². The zero-order valence-corrected chi connectivity index (χ0v) is 14.4. The van der Waals surface area contributed by atoms with Gasteiger partial charge in [0.15, 0.2) is 0 Å². The van der Waals surface area contributed by atoms with Crippen LogP contribution in [0.1, 0.15) is 103 Å². The molecular formula is C19H35F3. The summed E-state index contributed by atoms with van der Waals surface area (Å²) in [5, 5.41) is 0. The van der Waals surface area contributed by atoms with E-state index in [9.17, 15) is 13.2 Å². The highest BCUT2D eigenvalue weighted by atomic mass is 19.4. The van der Waals surface area contributed by atoms with E-state index in [1.807, 2.05) is 0 Å². The van der Waals surface area contributed by atoms with Crippen molar-refractivity contribution >= 4 is 0 Å². The molecule has 0 aromatic carbocycles. The first kappa shape index (κ1) is 21.5. The summed E-state index contributed by atoms with van der Waals surface area (Å²) in [6, 6.07) is 0. The maximum Gasteiger partial charge on any atom is 0.389 e. The second-order valence-electron chi connectivity index (χ2n) is 6.30. The highest BCUT2D eigenvalue weighted by molar-refractivity contribution is 4.81. The average Bonchev–Trinajstić information content (AvgIpc) is 2.45. The summed E-state index contributed by atoms with van der Waals surface area (Å²) in [5.41, 5.74) is 0. The molecule has 0 radical (unpaired) electrons. The van der Waals surface area contributed by atoms with Gasteiger partial charge in [-0.3, -0.25) is 0 Å². The lowest BCUT2D eigenvalue weighted by molar-refractivity contribution is -0.135. The van der Waals surface area contributed by atoms with Gasteiger partial charge in [0, 0.05) is 6.42 Å². The zero-order valence-electron chi connectivity index (χ0n) is 14.4. The van der Waals surface area contributed by atoms with E-state index in [4.69, 9.17) is 0 Å². The molecule has 0 saturated carbocycles. The summed E-state index contributed by atoms with van der Waals surface area (Å²) in [6.07, 6.45) is 15.7. The Kier molecular flexibility index (Phi) is 15.1. The minimum Gasteiger partial charge on any atom is -0.171 e. The molecule has 0 atom stereocenters. The summed E-state index contributed by atoms with van der Waals surface area (Å²) in [5.74, 6) is 0. The molecule has 0 bridgehead atoms. The van der Waals surface area contributed by atoms with Crippen molar-refractivity contribution in [1.82, 2.24) is 0 Å². The number of hydrogen-bond acceptors (Lipinski definition) is 0. The van der Waals surface area contributed by atoms with Gasteiger partial charge in [-0.2, -0.15) is 13.2 Å². The maximum absolute atomic E-state index is 11.9. The predicted octanol–water partition coefficient (Wildman–Crippen LogP) is 7.98. The van der Waals surface area contributed by atoms with Crippen molar-refractivity contribution in [2.45, 2.75) is 109 Å². The zero-order chi connectivity index (χ0) is 16.5. The fraction of sp³-hybridized carbons (Fsp3) is 0.895. The minimum absolute atomic E-state index is 0.293. The average molecular weight is 320 g/mol. The number of rotatable bonds is 15. The lowest BCUT2D eigenvalue weighted by atomic mass is 10.1. The molecule has 0 amide bonds. The Morgan fingerprint density at radius 3 is 1.45 bits per heavy atom. The molecule has 0 aliphatic heterocycles. The summed E-state index contributed by atoms with van der Waals surface area (Å²) in [4.78, 5) is 0. The number of hydrogen-bond donors (Lipinski definition) is 0. The number of alkyl halides is 3. The largest absolute Gasteiger partial charge is 0.389 e. The summed E-state index contributed by atoms with van der Waals surface area (Å²) < 4.78 is 35.8. The van der Waals surface area contributed by atoms with Crippen molar-refractivity contribution in [3.8, 4) is 0 Å². The maximum atomic E-state index is 11.9. The van der Waals surface area contributed by atoms with Crippen LogP contribution in [0.25, 0.3) is 0 Å². The van der Waals surface area contributed by atoms with Gasteiger partial charge in [0.1, 0.15) is 0 Å². The van der Waals surface area contributed by atoms with E-state index in [1.54, 1.807) is 0 Å². The normalized spacial score (nSPS) is 12.4. The van der Waals surface area contributed by atoms with Crippen molar-refractivity contribution in [2.75, 3.05) is 0 Å². The van der Waals surface area contributed by atoms with E-state index in [-0.39, 0.29) is 0 Å². The third-order valence-electron chi connectivity index (χ3n) is 3.97. The Bertz CT molecular complexity index is 244. The van der Waals surface area contributed by atoms with Gasteiger partial charge >= 0.3 is 6.18 Å². The fourth-order valence-corrected chi connectivity index (χ4v) is 2.57. The molecule has 0 aromatic rings. The predicted molar refractivity (Wildman–Crippen MR) is 90.1 cm³/mol. The third-order valence-corrected chi connectivity index (χ3v) is 3.97. The lowest BCUT2D eigenvalue weighted by Crippen LogP contribution is -2.06. The van der Waals surface area contributed by atoms with Gasteiger partial charge in [-0.1, -0.05) is 76.9 Å². The topological polar surface area (TPSA) is 0 Å². The number of allylic oxidation sites excluding steroid dienone is 2. The molecule has 0 N–H and O–H groups in total. The number of unbranched alkanes of at least 4 members (excludes halogenated alkanes) is 12. The first-order valence-corrected chi connectivity index (χ1v) is 9.28. The van der Waals surface area contributed by atoms with Gasteiger partial charge in [0.05, 0.1) is 0 Å². The van der Waals surface area contributed by atoms with Crippen molar-refractivity contribution in [3.05, 3.63) is 12.2 Å². The summed E-state index contributed by atoms with van der Waals surface area (Å²) in [7, 11) is 0. The molecular weight excluding hydrogens is 285 g/mol. The highest BCUT2D eigenvalue weighted by Crippen LogP contribution is 2.23. The van der Waals surface area contributed by atoms with Crippen LogP contribution in [0.5, 0.6) is 0 Å². The molecule has 0 aliphatic carbocycles. The molecule has 0 unspecified atom stereocenters. The van der Waals surface area contributed by atoms with Gasteiger partial charge in [-0.15, -0.1) is 0 Å². The fourth-order valence-electron chi connectivity index (χ4n) is 2.57. The van der Waals surface area contributed by atoms with Gasteiger partial charge in [0.2, 0.25) is 0 Å². The van der Waals surface area contributed by atoms with Crippen molar-refractivity contribution in [2.24, 2.45) is 0 Å². The molecule has 0 nitrogen and oxygen atoms in total. The van der Waals surface area contributed by atoms with Crippen LogP contribution in [0.4, 0.5) is 13.2 Å². The van der Waals surface area contributed by atoms with Crippen LogP contribution in [0.3, 0.4) is 0 Å². The Morgan fingerprint density at radius 1 is 0.591 bits per heavy atom. The van der Waals surface area contributed by atoms with Crippen LogP contribution in [-0.2, 0) is 0 Å². The van der Waals surface area contributed by atoms with Crippen molar-refractivity contribution in [1.29, 1.82) is 0 Å².